The van der Waals surface area contributed by atoms with Crippen molar-refractivity contribution < 1.29 is 0 Å². The normalized spacial score (nSPS) is 12.8. The second-order valence-electron chi connectivity index (χ2n) is 4.73. The summed E-state index contributed by atoms with van der Waals surface area (Å²) >= 11 is 1.70. The Kier molecular flexibility index (Phi) is 4.49. The van der Waals surface area contributed by atoms with Gasteiger partial charge in [-0.15, -0.1) is 11.3 Å². The van der Waals surface area contributed by atoms with Crippen LogP contribution in [0.3, 0.4) is 0 Å². The Morgan fingerprint density at radius 1 is 1.44 bits per heavy atom. The van der Waals surface area contributed by atoms with E-state index in [2.05, 4.69) is 34.5 Å². The van der Waals surface area contributed by atoms with Gasteiger partial charge in [0.25, 0.3) is 0 Å². The van der Waals surface area contributed by atoms with E-state index >= 15 is 0 Å². The van der Waals surface area contributed by atoms with E-state index in [4.69, 9.17) is 5.73 Å². The van der Waals surface area contributed by atoms with Gasteiger partial charge in [0, 0.05) is 6.54 Å². The monoisotopic (exact) mass is 264 g/mol. The molecular formula is C13H20N4S. The van der Waals surface area contributed by atoms with Crippen LogP contribution >= 0.6 is 11.3 Å². The van der Waals surface area contributed by atoms with Crippen LogP contribution in [0.25, 0.3) is 10.2 Å². The van der Waals surface area contributed by atoms with Gasteiger partial charge in [-0.05, 0) is 43.2 Å². The van der Waals surface area contributed by atoms with Crippen molar-refractivity contribution in [3.63, 3.8) is 0 Å². The number of nitrogens with two attached hydrogens (primary N) is 1. The lowest BCUT2D eigenvalue weighted by Gasteiger charge is -2.09. The predicted molar refractivity (Wildman–Crippen MR) is 78.1 cm³/mol. The Morgan fingerprint density at radius 3 is 3.06 bits per heavy atom. The lowest BCUT2D eigenvalue weighted by Crippen LogP contribution is -2.12. The van der Waals surface area contributed by atoms with Gasteiger partial charge in [-0.3, -0.25) is 0 Å². The molecule has 18 heavy (non-hydrogen) atoms. The maximum absolute atomic E-state index is 5.60. The summed E-state index contributed by atoms with van der Waals surface area (Å²) in [5, 5.41) is 5.52. The fourth-order valence-electron chi connectivity index (χ4n) is 1.87. The highest BCUT2D eigenvalue weighted by molar-refractivity contribution is 7.18. The van der Waals surface area contributed by atoms with E-state index in [1.54, 1.807) is 17.7 Å². The lowest BCUT2D eigenvalue weighted by atomic mass is 10.1. The van der Waals surface area contributed by atoms with Crippen LogP contribution in [0.2, 0.25) is 0 Å². The zero-order chi connectivity index (χ0) is 13.0. The molecule has 1 unspecified atom stereocenters. The minimum absolute atomic E-state index is 0.598. The summed E-state index contributed by atoms with van der Waals surface area (Å²) in [6, 6.07) is 0. The molecule has 4 nitrogen and oxygen atoms in total. The van der Waals surface area contributed by atoms with Crippen molar-refractivity contribution in [1.82, 2.24) is 9.97 Å². The third kappa shape index (κ3) is 2.97. The van der Waals surface area contributed by atoms with Gasteiger partial charge in [0.05, 0.1) is 10.2 Å². The lowest BCUT2D eigenvalue weighted by molar-refractivity contribution is 0.529. The SMILES string of the molecule is Cc1csc2c(NCCCC(C)CN)ncnc12. The molecule has 0 aliphatic heterocycles. The van der Waals surface area contributed by atoms with Crippen LogP contribution in [-0.4, -0.2) is 23.1 Å². The maximum atomic E-state index is 5.60. The largest absolute Gasteiger partial charge is 0.369 e. The van der Waals surface area contributed by atoms with Gasteiger partial charge in [0.1, 0.15) is 12.1 Å². The summed E-state index contributed by atoms with van der Waals surface area (Å²) in [5.74, 6) is 1.56. The summed E-state index contributed by atoms with van der Waals surface area (Å²) < 4.78 is 1.15. The molecule has 0 aliphatic carbocycles. The summed E-state index contributed by atoms with van der Waals surface area (Å²) in [6.45, 7) is 5.97. The third-order valence-corrected chi connectivity index (χ3v) is 4.19. The van der Waals surface area contributed by atoms with E-state index in [9.17, 15) is 0 Å². The number of hydrogen-bond donors (Lipinski definition) is 2. The second kappa shape index (κ2) is 6.11. The van der Waals surface area contributed by atoms with Crippen LogP contribution < -0.4 is 11.1 Å². The van der Waals surface area contributed by atoms with Crippen LogP contribution in [0.1, 0.15) is 25.3 Å². The Bertz CT molecular complexity index is 509. The molecule has 0 amide bonds. The molecule has 0 radical (unpaired) electrons. The molecule has 0 fully saturated rings. The number of aryl methyl sites for hydroxylation is 1. The molecule has 0 bridgehead atoms. The smallest absolute Gasteiger partial charge is 0.147 e. The molecule has 3 N–H and O–H groups in total. The van der Waals surface area contributed by atoms with E-state index < -0.39 is 0 Å². The van der Waals surface area contributed by atoms with Crippen molar-refractivity contribution in [3.05, 3.63) is 17.3 Å². The average Bonchev–Trinajstić information content (AvgIpc) is 2.77. The molecule has 5 heteroatoms. The van der Waals surface area contributed by atoms with Crippen molar-refractivity contribution in [3.8, 4) is 0 Å². The first-order valence-electron chi connectivity index (χ1n) is 6.35. The second-order valence-corrected chi connectivity index (χ2v) is 5.61. The molecule has 0 aliphatic rings. The van der Waals surface area contributed by atoms with Gasteiger partial charge in [0.2, 0.25) is 0 Å². The third-order valence-electron chi connectivity index (χ3n) is 3.10. The highest BCUT2D eigenvalue weighted by Crippen LogP contribution is 2.28. The molecule has 2 heterocycles. The number of nitrogens with zero attached hydrogens (tertiary/aromatic N) is 2. The van der Waals surface area contributed by atoms with Crippen molar-refractivity contribution in [2.24, 2.45) is 11.7 Å². The van der Waals surface area contributed by atoms with E-state index in [0.29, 0.717) is 5.92 Å². The van der Waals surface area contributed by atoms with E-state index in [1.807, 2.05) is 0 Å². The van der Waals surface area contributed by atoms with Gasteiger partial charge in [0.15, 0.2) is 0 Å². The first kappa shape index (κ1) is 13.2. The highest BCUT2D eigenvalue weighted by Gasteiger charge is 2.07. The van der Waals surface area contributed by atoms with Gasteiger partial charge >= 0.3 is 0 Å². The van der Waals surface area contributed by atoms with Crippen molar-refractivity contribution in [2.45, 2.75) is 26.7 Å². The van der Waals surface area contributed by atoms with Crippen LogP contribution in [0.15, 0.2) is 11.7 Å². The zero-order valence-electron chi connectivity index (χ0n) is 10.9. The summed E-state index contributed by atoms with van der Waals surface area (Å²) in [7, 11) is 0. The topological polar surface area (TPSA) is 63.8 Å². The van der Waals surface area contributed by atoms with Gasteiger partial charge in [-0.25, -0.2) is 9.97 Å². The molecule has 0 saturated carbocycles. The van der Waals surface area contributed by atoms with E-state index in [1.165, 1.54) is 5.56 Å². The standard InChI is InChI=1S/C13H20N4S/c1-9(6-14)4-3-5-15-13-12-11(16-8-17-13)10(2)7-18-12/h7-9H,3-6,14H2,1-2H3,(H,15,16,17). The number of aromatic nitrogens is 2. The number of anilines is 1. The molecule has 2 aromatic rings. The fraction of sp³-hybridized carbons (Fsp3) is 0.538. The molecule has 2 aromatic heterocycles. The minimum atomic E-state index is 0.598. The summed E-state index contributed by atoms with van der Waals surface area (Å²) in [6.07, 6.45) is 3.91. The summed E-state index contributed by atoms with van der Waals surface area (Å²) in [4.78, 5) is 8.63. The number of fused-ring (bicyclic) bond motifs is 1. The van der Waals surface area contributed by atoms with Crippen LogP contribution in [0, 0.1) is 12.8 Å². The van der Waals surface area contributed by atoms with Crippen LogP contribution in [0.5, 0.6) is 0 Å². The van der Waals surface area contributed by atoms with Crippen molar-refractivity contribution in [1.29, 1.82) is 0 Å². The molecular weight excluding hydrogens is 244 g/mol. The Labute approximate surface area is 112 Å². The molecule has 2 rings (SSSR count). The molecule has 1 atom stereocenters. The number of thiophene rings is 1. The fourth-order valence-corrected chi connectivity index (χ4v) is 2.84. The molecule has 98 valence electrons. The Hall–Kier alpha value is -1.20. The van der Waals surface area contributed by atoms with E-state index in [-0.39, 0.29) is 0 Å². The van der Waals surface area contributed by atoms with Gasteiger partial charge in [-0.2, -0.15) is 0 Å². The van der Waals surface area contributed by atoms with Crippen molar-refractivity contribution in [2.75, 3.05) is 18.4 Å². The van der Waals surface area contributed by atoms with Crippen LogP contribution in [0.4, 0.5) is 5.82 Å². The highest BCUT2D eigenvalue weighted by atomic mass is 32.1. The van der Waals surface area contributed by atoms with Crippen molar-refractivity contribution >= 4 is 27.4 Å². The molecule has 0 saturated heterocycles. The zero-order valence-corrected chi connectivity index (χ0v) is 11.8. The minimum Gasteiger partial charge on any atom is -0.369 e. The van der Waals surface area contributed by atoms with Gasteiger partial charge in [-0.1, -0.05) is 6.92 Å². The first-order chi connectivity index (χ1) is 8.72. The number of nitrogens with one attached hydrogen (secondary N) is 1. The Balaban J connectivity index is 1.95. The molecule has 0 spiro atoms. The quantitative estimate of drug-likeness (QED) is 0.787. The number of rotatable bonds is 6. The summed E-state index contributed by atoms with van der Waals surface area (Å²) in [5.41, 5.74) is 7.89. The van der Waals surface area contributed by atoms with E-state index in [0.717, 1.165) is 42.0 Å². The maximum Gasteiger partial charge on any atom is 0.147 e. The average molecular weight is 264 g/mol. The van der Waals surface area contributed by atoms with Crippen LogP contribution in [-0.2, 0) is 0 Å². The molecule has 0 aromatic carbocycles. The van der Waals surface area contributed by atoms with Gasteiger partial charge < -0.3 is 11.1 Å². The Morgan fingerprint density at radius 2 is 2.28 bits per heavy atom. The number of hydrogen-bond acceptors (Lipinski definition) is 5. The first-order valence-corrected chi connectivity index (χ1v) is 7.23. The predicted octanol–water partition coefficient (Wildman–Crippen LogP) is 2.79.